The third kappa shape index (κ3) is 5.00. The lowest BCUT2D eigenvalue weighted by Gasteiger charge is -2.30. The van der Waals surface area contributed by atoms with E-state index in [9.17, 15) is 26.4 Å². The van der Waals surface area contributed by atoms with Gasteiger partial charge in [-0.1, -0.05) is 37.3 Å². The molecule has 1 amide bonds. The molecule has 1 unspecified atom stereocenters. The Hall–Kier alpha value is -2.55. The van der Waals surface area contributed by atoms with Crippen LogP contribution in [0.1, 0.15) is 18.9 Å². The molecule has 27 heavy (non-hydrogen) atoms. The molecule has 2 aromatic carbocycles. The number of halogens is 3. The Balaban J connectivity index is 2.41. The van der Waals surface area contributed by atoms with E-state index in [4.69, 9.17) is 0 Å². The maximum atomic E-state index is 13.1. The summed E-state index contributed by atoms with van der Waals surface area (Å²) in [7, 11) is -3.85. The number of amides is 1. The van der Waals surface area contributed by atoms with E-state index in [0.717, 1.165) is 22.7 Å². The van der Waals surface area contributed by atoms with Crippen molar-refractivity contribution in [2.75, 3.05) is 15.9 Å². The van der Waals surface area contributed by atoms with Crippen LogP contribution >= 0.6 is 0 Å². The highest BCUT2D eigenvalue weighted by Gasteiger charge is 2.36. The summed E-state index contributed by atoms with van der Waals surface area (Å²) in [6.45, 7) is 1.58. The summed E-state index contributed by atoms with van der Waals surface area (Å²) in [5, 5.41) is 2.23. The molecule has 0 saturated carbocycles. The van der Waals surface area contributed by atoms with Crippen molar-refractivity contribution in [3.63, 3.8) is 0 Å². The zero-order valence-corrected chi connectivity index (χ0v) is 15.5. The van der Waals surface area contributed by atoms with Crippen LogP contribution in [0.15, 0.2) is 54.6 Å². The van der Waals surface area contributed by atoms with Gasteiger partial charge in [0.15, 0.2) is 0 Å². The van der Waals surface area contributed by atoms with Crippen molar-refractivity contribution in [3.05, 3.63) is 60.2 Å². The lowest BCUT2D eigenvalue weighted by atomic mass is 10.1. The van der Waals surface area contributed by atoms with Crippen LogP contribution < -0.4 is 9.62 Å². The van der Waals surface area contributed by atoms with Gasteiger partial charge in [-0.2, -0.15) is 13.2 Å². The number of para-hydroxylation sites is 2. The van der Waals surface area contributed by atoms with Crippen molar-refractivity contribution in [1.29, 1.82) is 0 Å². The van der Waals surface area contributed by atoms with E-state index in [1.807, 2.05) is 0 Å². The highest BCUT2D eigenvalue weighted by molar-refractivity contribution is 7.92. The van der Waals surface area contributed by atoms with Gasteiger partial charge in [0.25, 0.3) is 0 Å². The number of nitrogens with zero attached hydrogens (tertiary/aromatic N) is 1. The molecule has 0 spiro atoms. The first-order valence-electron chi connectivity index (χ1n) is 8.07. The van der Waals surface area contributed by atoms with Crippen LogP contribution in [0.3, 0.4) is 0 Å². The van der Waals surface area contributed by atoms with Gasteiger partial charge in [-0.25, -0.2) is 8.42 Å². The summed E-state index contributed by atoms with van der Waals surface area (Å²) >= 11 is 0. The Labute approximate surface area is 155 Å². The van der Waals surface area contributed by atoms with Gasteiger partial charge in [-0.05, 0) is 30.7 Å². The van der Waals surface area contributed by atoms with Gasteiger partial charge in [0.05, 0.1) is 23.2 Å². The van der Waals surface area contributed by atoms with Crippen molar-refractivity contribution in [1.82, 2.24) is 0 Å². The fourth-order valence-corrected chi connectivity index (χ4v) is 3.90. The summed E-state index contributed by atoms with van der Waals surface area (Å²) in [5.74, 6) is -0.844. The quantitative estimate of drug-likeness (QED) is 0.800. The Morgan fingerprint density at radius 2 is 1.63 bits per heavy atom. The number of hydrogen-bond donors (Lipinski definition) is 1. The highest BCUT2D eigenvalue weighted by atomic mass is 32.2. The number of rotatable bonds is 6. The van der Waals surface area contributed by atoms with Crippen molar-refractivity contribution in [2.24, 2.45) is 0 Å². The Bertz CT molecular complexity index is 900. The molecule has 0 heterocycles. The molecule has 5 nitrogen and oxygen atoms in total. The predicted molar refractivity (Wildman–Crippen MR) is 97.9 cm³/mol. The van der Waals surface area contributed by atoms with Crippen molar-refractivity contribution >= 4 is 27.3 Å². The van der Waals surface area contributed by atoms with Crippen LogP contribution in [0.4, 0.5) is 24.5 Å². The van der Waals surface area contributed by atoms with Crippen LogP contribution in [0, 0.1) is 0 Å². The van der Waals surface area contributed by atoms with E-state index < -0.39 is 39.4 Å². The minimum atomic E-state index is -4.65. The monoisotopic (exact) mass is 400 g/mol. The molecule has 0 saturated heterocycles. The molecule has 0 bridgehead atoms. The van der Waals surface area contributed by atoms with Crippen LogP contribution in [0.25, 0.3) is 0 Å². The predicted octanol–water partition coefficient (Wildman–Crippen LogP) is 3.89. The minimum absolute atomic E-state index is 0.0714. The summed E-state index contributed by atoms with van der Waals surface area (Å²) in [5.41, 5.74) is -1.17. The molecule has 1 atom stereocenters. The lowest BCUT2D eigenvalue weighted by molar-refractivity contribution is -0.137. The first-order chi connectivity index (χ1) is 12.6. The third-order valence-corrected chi connectivity index (χ3v) is 5.01. The van der Waals surface area contributed by atoms with Gasteiger partial charge in [0.1, 0.15) is 6.04 Å². The van der Waals surface area contributed by atoms with Gasteiger partial charge >= 0.3 is 6.18 Å². The molecule has 2 rings (SSSR count). The van der Waals surface area contributed by atoms with E-state index >= 15 is 0 Å². The highest BCUT2D eigenvalue weighted by Crippen LogP contribution is 2.35. The maximum absolute atomic E-state index is 13.1. The van der Waals surface area contributed by atoms with Gasteiger partial charge in [0.2, 0.25) is 15.9 Å². The second kappa shape index (κ2) is 7.99. The number of carbonyl (C=O) groups is 1. The zero-order valence-electron chi connectivity index (χ0n) is 14.7. The van der Waals surface area contributed by atoms with Crippen LogP contribution in [0.2, 0.25) is 0 Å². The third-order valence-electron chi connectivity index (χ3n) is 3.83. The zero-order chi connectivity index (χ0) is 20.2. The number of hydrogen-bond acceptors (Lipinski definition) is 3. The first kappa shape index (κ1) is 20.8. The standard InChI is InChI=1S/C18H19F3N2O3S/c1-3-16(23(27(2,25)26)13-9-5-4-6-10-13)17(24)22-15-12-8-7-11-14(15)18(19,20)21/h4-12,16H,3H2,1-2H3,(H,22,24). The van der Waals surface area contributed by atoms with Gasteiger partial charge in [0, 0.05) is 0 Å². The van der Waals surface area contributed by atoms with Crippen LogP contribution in [-0.4, -0.2) is 26.6 Å². The maximum Gasteiger partial charge on any atom is 0.418 e. The smallest absolute Gasteiger partial charge is 0.324 e. The fraction of sp³-hybridized carbons (Fsp3) is 0.278. The average Bonchev–Trinajstić information content (AvgIpc) is 2.58. The summed E-state index contributed by atoms with van der Waals surface area (Å²) in [4.78, 5) is 12.7. The topological polar surface area (TPSA) is 66.5 Å². The second-order valence-electron chi connectivity index (χ2n) is 5.85. The number of anilines is 2. The first-order valence-corrected chi connectivity index (χ1v) is 9.92. The minimum Gasteiger partial charge on any atom is -0.324 e. The van der Waals surface area contributed by atoms with Crippen molar-refractivity contribution < 1.29 is 26.4 Å². The number of carbonyl (C=O) groups excluding carboxylic acids is 1. The summed E-state index contributed by atoms with van der Waals surface area (Å²) in [6, 6.07) is 11.3. The number of alkyl halides is 3. The van der Waals surface area contributed by atoms with Gasteiger partial charge < -0.3 is 5.32 Å². The van der Waals surface area contributed by atoms with Crippen LogP contribution in [0.5, 0.6) is 0 Å². The molecule has 0 radical (unpaired) electrons. The Morgan fingerprint density at radius 1 is 1.07 bits per heavy atom. The van der Waals surface area contributed by atoms with Gasteiger partial charge in [-0.15, -0.1) is 0 Å². The normalized spacial score (nSPS) is 13.1. The van der Waals surface area contributed by atoms with E-state index in [2.05, 4.69) is 5.32 Å². The summed E-state index contributed by atoms with van der Waals surface area (Å²) < 4.78 is 64.9. The number of nitrogens with one attached hydrogen (secondary N) is 1. The molecule has 0 aliphatic heterocycles. The van der Waals surface area contributed by atoms with Crippen LogP contribution in [-0.2, 0) is 21.0 Å². The van der Waals surface area contributed by atoms with Crippen molar-refractivity contribution in [2.45, 2.75) is 25.6 Å². The lowest BCUT2D eigenvalue weighted by Crippen LogP contribution is -2.47. The molecule has 1 N–H and O–H groups in total. The van der Waals surface area contributed by atoms with E-state index in [1.54, 1.807) is 25.1 Å². The van der Waals surface area contributed by atoms with E-state index in [0.29, 0.717) is 0 Å². The Morgan fingerprint density at radius 3 is 2.15 bits per heavy atom. The second-order valence-corrected chi connectivity index (χ2v) is 7.71. The molecule has 146 valence electrons. The SMILES string of the molecule is CCC(C(=O)Nc1ccccc1C(F)(F)F)N(c1ccccc1)S(C)(=O)=O. The number of sulfonamides is 1. The van der Waals surface area contributed by atoms with E-state index in [1.165, 1.54) is 24.3 Å². The fourth-order valence-electron chi connectivity index (χ4n) is 2.69. The average molecular weight is 400 g/mol. The summed E-state index contributed by atoms with van der Waals surface area (Å²) in [6.07, 6.45) is -3.64. The van der Waals surface area contributed by atoms with Crippen molar-refractivity contribution in [3.8, 4) is 0 Å². The molecule has 0 aliphatic carbocycles. The molecule has 0 fully saturated rings. The number of benzene rings is 2. The van der Waals surface area contributed by atoms with E-state index in [-0.39, 0.29) is 12.1 Å². The molecule has 0 aliphatic rings. The largest absolute Gasteiger partial charge is 0.418 e. The molecular formula is C18H19F3N2O3S. The van der Waals surface area contributed by atoms with Gasteiger partial charge in [-0.3, -0.25) is 9.10 Å². The molecule has 9 heteroatoms. The molecule has 2 aromatic rings. The Kier molecular flexibility index (Phi) is 6.15. The molecule has 0 aromatic heterocycles. The molecular weight excluding hydrogens is 381 g/mol.